The molecule has 0 saturated carbocycles. The Kier molecular flexibility index (Phi) is 8.64. The van der Waals surface area contributed by atoms with E-state index in [4.69, 9.17) is 0 Å². The molecule has 2 aromatic carbocycles. The number of carbonyl (C=O) groups excluding carboxylic acids is 2. The van der Waals surface area contributed by atoms with Crippen LogP contribution in [0.2, 0.25) is 0 Å². The monoisotopic (exact) mass is 528 g/mol. The second-order valence-electron chi connectivity index (χ2n) is 6.75. The molecule has 0 N–H and O–H groups in total. The van der Waals surface area contributed by atoms with E-state index in [2.05, 4.69) is 8.73 Å². The SMILES string of the molecule is O=C(CCCCC(=O)N=S(=O)(c1ccccc1)C(F)(F)F)N=S(=O)(c1ccccc1)C(F)(F)F. The van der Waals surface area contributed by atoms with Gasteiger partial charge < -0.3 is 0 Å². The molecule has 0 fully saturated rings. The number of alkyl halides is 6. The van der Waals surface area contributed by atoms with Gasteiger partial charge in [-0.15, -0.1) is 0 Å². The fraction of sp³-hybridized carbons (Fsp3) is 0.300. The van der Waals surface area contributed by atoms with Crippen molar-refractivity contribution in [3.63, 3.8) is 0 Å². The first-order valence-corrected chi connectivity index (χ1v) is 12.6. The largest absolute Gasteiger partial charge is 0.484 e. The van der Waals surface area contributed by atoms with Crippen LogP contribution in [0.25, 0.3) is 0 Å². The van der Waals surface area contributed by atoms with Crippen molar-refractivity contribution in [2.24, 2.45) is 8.73 Å². The third-order valence-corrected chi connectivity index (χ3v) is 8.24. The molecule has 2 rings (SSSR count). The number of amides is 2. The Hall–Kier alpha value is -2.74. The van der Waals surface area contributed by atoms with Crippen LogP contribution in [0, 0.1) is 0 Å². The summed E-state index contributed by atoms with van der Waals surface area (Å²) in [5, 5.41) is 0. The van der Waals surface area contributed by atoms with E-state index in [1.165, 1.54) is 36.4 Å². The Morgan fingerprint density at radius 2 is 0.912 bits per heavy atom. The zero-order valence-corrected chi connectivity index (χ0v) is 18.8. The fourth-order valence-corrected chi connectivity index (χ4v) is 5.38. The first kappa shape index (κ1) is 27.5. The van der Waals surface area contributed by atoms with E-state index in [9.17, 15) is 44.3 Å². The number of halogens is 6. The summed E-state index contributed by atoms with van der Waals surface area (Å²) in [5.74, 6) is -2.70. The predicted octanol–water partition coefficient (Wildman–Crippen LogP) is 5.69. The number of rotatable bonds is 7. The second-order valence-corrected chi connectivity index (χ2v) is 11.1. The van der Waals surface area contributed by atoms with Crippen LogP contribution in [0.3, 0.4) is 0 Å². The maximum atomic E-state index is 13.3. The van der Waals surface area contributed by atoms with Crippen LogP contribution >= 0.6 is 0 Å². The van der Waals surface area contributed by atoms with E-state index in [1.807, 2.05) is 0 Å². The summed E-state index contributed by atoms with van der Waals surface area (Å²) in [7, 11) is -10.2. The highest BCUT2D eigenvalue weighted by Crippen LogP contribution is 2.34. The average Bonchev–Trinajstić information content (AvgIpc) is 2.76. The van der Waals surface area contributed by atoms with Crippen LogP contribution in [0.4, 0.5) is 26.3 Å². The van der Waals surface area contributed by atoms with Crippen LogP contribution in [0.15, 0.2) is 79.2 Å². The summed E-state index contributed by atoms with van der Waals surface area (Å²) in [6, 6.07) is 11.2. The van der Waals surface area contributed by atoms with Crippen LogP contribution in [0.5, 0.6) is 0 Å². The molecular weight excluding hydrogens is 510 g/mol. The van der Waals surface area contributed by atoms with Crippen molar-refractivity contribution in [1.29, 1.82) is 0 Å². The second kappa shape index (κ2) is 10.7. The highest BCUT2D eigenvalue weighted by molar-refractivity contribution is 7.95. The van der Waals surface area contributed by atoms with E-state index >= 15 is 0 Å². The van der Waals surface area contributed by atoms with Gasteiger partial charge in [-0.25, -0.2) is 8.42 Å². The molecule has 0 heterocycles. The summed E-state index contributed by atoms with van der Waals surface area (Å²) in [6.07, 6.45) is -1.77. The molecule has 0 aliphatic carbocycles. The van der Waals surface area contributed by atoms with Gasteiger partial charge in [0.25, 0.3) is 11.8 Å². The van der Waals surface area contributed by atoms with Gasteiger partial charge in [0.1, 0.15) is 0 Å². The van der Waals surface area contributed by atoms with Gasteiger partial charge in [-0.05, 0) is 37.1 Å². The minimum Gasteiger partial charge on any atom is -0.272 e. The molecule has 0 aliphatic heterocycles. The number of unbranched alkanes of at least 4 members (excludes halogenated alkanes) is 1. The van der Waals surface area contributed by atoms with Crippen molar-refractivity contribution in [2.45, 2.75) is 46.5 Å². The van der Waals surface area contributed by atoms with E-state index in [0.717, 1.165) is 24.3 Å². The zero-order valence-electron chi connectivity index (χ0n) is 17.2. The van der Waals surface area contributed by atoms with Gasteiger partial charge in [-0.1, -0.05) is 36.4 Å². The summed E-state index contributed by atoms with van der Waals surface area (Å²) >= 11 is 0. The van der Waals surface area contributed by atoms with E-state index in [0.29, 0.717) is 0 Å². The van der Waals surface area contributed by atoms with Crippen LogP contribution < -0.4 is 0 Å². The number of carbonyl (C=O) groups is 2. The molecule has 0 spiro atoms. The van der Waals surface area contributed by atoms with Gasteiger partial charge >= 0.3 is 11.0 Å². The maximum Gasteiger partial charge on any atom is 0.484 e. The maximum absolute atomic E-state index is 13.3. The Morgan fingerprint density at radius 3 is 1.18 bits per heavy atom. The summed E-state index contributed by atoms with van der Waals surface area (Å²) < 4.78 is 111. The molecule has 2 aromatic rings. The number of hydrogen-bond acceptors (Lipinski definition) is 4. The minimum absolute atomic E-state index is 0.246. The Bertz CT molecular complexity index is 1160. The Labute approximate surface area is 191 Å². The van der Waals surface area contributed by atoms with Crippen LogP contribution in [-0.2, 0) is 29.0 Å². The van der Waals surface area contributed by atoms with E-state index < -0.39 is 64.9 Å². The normalized spacial score (nSPS) is 15.6. The van der Waals surface area contributed by atoms with E-state index in [1.54, 1.807) is 0 Å². The molecule has 0 bridgehead atoms. The molecule has 14 heteroatoms. The molecule has 0 aromatic heterocycles. The lowest BCUT2D eigenvalue weighted by Crippen LogP contribution is -2.24. The lowest BCUT2D eigenvalue weighted by Gasteiger charge is -2.13. The van der Waals surface area contributed by atoms with Gasteiger partial charge in [0.2, 0.25) is 0 Å². The molecule has 0 aliphatic rings. The molecule has 34 heavy (non-hydrogen) atoms. The molecule has 6 nitrogen and oxygen atoms in total. The molecule has 186 valence electrons. The quantitative estimate of drug-likeness (QED) is 0.341. The van der Waals surface area contributed by atoms with Crippen molar-refractivity contribution in [2.75, 3.05) is 0 Å². The third kappa shape index (κ3) is 6.44. The summed E-state index contributed by atoms with van der Waals surface area (Å²) in [5.41, 5.74) is -10.7. The van der Waals surface area contributed by atoms with Crippen molar-refractivity contribution < 1.29 is 44.3 Å². The molecule has 0 radical (unpaired) electrons. The lowest BCUT2D eigenvalue weighted by atomic mass is 10.2. The van der Waals surface area contributed by atoms with Crippen molar-refractivity contribution in [3.05, 3.63) is 60.7 Å². The highest BCUT2D eigenvalue weighted by Gasteiger charge is 2.46. The van der Waals surface area contributed by atoms with Gasteiger partial charge in [0.15, 0.2) is 19.5 Å². The zero-order chi connectivity index (χ0) is 25.6. The first-order valence-electron chi connectivity index (χ1n) is 9.53. The van der Waals surface area contributed by atoms with Gasteiger partial charge in [0.05, 0.1) is 9.79 Å². The van der Waals surface area contributed by atoms with Gasteiger partial charge in [0, 0.05) is 12.8 Å². The number of hydrogen-bond donors (Lipinski definition) is 0. The molecular formula is C20H18F6N2O4S2. The molecule has 2 atom stereocenters. The smallest absolute Gasteiger partial charge is 0.272 e. The number of benzene rings is 2. The van der Waals surface area contributed by atoms with E-state index in [-0.39, 0.29) is 12.8 Å². The summed E-state index contributed by atoms with van der Waals surface area (Å²) in [4.78, 5) is 22.4. The Morgan fingerprint density at radius 1 is 0.618 bits per heavy atom. The lowest BCUT2D eigenvalue weighted by molar-refractivity contribution is -0.119. The van der Waals surface area contributed by atoms with Crippen LogP contribution in [0.1, 0.15) is 25.7 Å². The van der Waals surface area contributed by atoms with Crippen molar-refractivity contribution >= 4 is 31.3 Å². The minimum atomic E-state index is -5.33. The summed E-state index contributed by atoms with van der Waals surface area (Å²) in [6.45, 7) is 0. The third-order valence-electron chi connectivity index (χ3n) is 4.24. The predicted molar refractivity (Wildman–Crippen MR) is 111 cm³/mol. The fourth-order valence-electron chi connectivity index (χ4n) is 2.62. The number of nitrogens with zero attached hydrogens (tertiary/aromatic N) is 2. The van der Waals surface area contributed by atoms with Gasteiger partial charge in [-0.2, -0.15) is 35.1 Å². The average molecular weight is 528 g/mol. The topological polar surface area (TPSA) is 93.0 Å². The first-order chi connectivity index (χ1) is 15.7. The molecule has 2 unspecified atom stereocenters. The Balaban J connectivity index is 2.10. The van der Waals surface area contributed by atoms with Gasteiger partial charge in [-0.3, -0.25) is 9.59 Å². The highest BCUT2D eigenvalue weighted by atomic mass is 32.2. The van der Waals surface area contributed by atoms with Crippen molar-refractivity contribution in [1.82, 2.24) is 0 Å². The van der Waals surface area contributed by atoms with Crippen molar-refractivity contribution in [3.8, 4) is 0 Å². The molecule has 2 amide bonds. The molecule has 0 saturated heterocycles. The standard InChI is InChI=1S/C20H18F6N2O4S2/c21-19(22,23)33(31,15-9-3-1-4-10-15)27-17(29)13-7-8-14-18(30)28-34(32,20(24,25)26)16-11-5-2-6-12-16/h1-6,9-12H,7-8,13-14H2. The van der Waals surface area contributed by atoms with Crippen LogP contribution in [-0.4, -0.2) is 31.2 Å².